The monoisotopic (exact) mass is 359 g/mol. The fourth-order valence-electron chi connectivity index (χ4n) is 3.68. The van der Waals surface area contributed by atoms with Gasteiger partial charge >= 0.3 is 0 Å². The molecule has 1 N–H and O–H groups in total. The first-order chi connectivity index (χ1) is 12.6. The van der Waals surface area contributed by atoms with E-state index in [1.165, 1.54) is 0 Å². The molecule has 0 aliphatic carbocycles. The Morgan fingerprint density at radius 2 is 2.04 bits per heavy atom. The average molecular weight is 359 g/mol. The van der Waals surface area contributed by atoms with Crippen LogP contribution in [0.4, 0.5) is 5.69 Å². The predicted molar refractivity (Wildman–Crippen MR) is 101 cm³/mol. The summed E-state index contributed by atoms with van der Waals surface area (Å²) in [6, 6.07) is 6.05. The van der Waals surface area contributed by atoms with E-state index in [1.54, 1.807) is 0 Å². The Labute approximate surface area is 155 Å². The molecule has 0 radical (unpaired) electrons. The zero-order chi connectivity index (χ0) is 18.5. The second-order valence-corrected chi connectivity index (χ2v) is 7.15. The maximum absolute atomic E-state index is 12.7. The lowest BCUT2D eigenvalue weighted by atomic mass is 10.0. The van der Waals surface area contributed by atoms with Gasteiger partial charge in [0.1, 0.15) is 0 Å². The Balaban J connectivity index is 1.55. The van der Waals surface area contributed by atoms with E-state index in [0.717, 1.165) is 56.1 Å². The van der Waals surface area contributed by atoms with E-state index in [9.17, 15) is 9.59 Å². The number of benzene rings is 1. The summed E-state index contributed by atoms with van der Waals surface area (Å²) in [5.74, 6) is -0.230. The molecular formula is C20H29N3O3. The fourth-order valence-corrected chi connectivity index (χ4v) is 3.68. The van der Waals surface area contributed by atoms with Crippen molar-refractivity contribution >= 4 is 17.5 Å². The number of ether oxygens (including phenoxy) is 1. The Bertz CT molecular complexity index is 656. The number of rotatable bonds is 6. The summed E-state index contributed by atoms with van der Waals surface area (Å²) in [5, 5.41) is 3.07. The molecule has 2 amide bonds. The quantitative estimate of drug-likeness (QED) is 0.839. The van der Waals surface area contributed by atoms with Crippen LogP contribution >= 0.6 is 0 Å². The van der Waals surface area contributed by atoms with Gasteiger partial charge in [-0.2, -0.15) is 0 Å². The van der Waals surface area contributed by atoms with Crippen molar-refractivity contribution in [1.29, 1.82) is 0 Å². The van der Waals surface area contributed by atoms with Crippen molar-refractivity contribution in [2.75, 3.05) is 51.3 Å². The number of carbonyl (C=O) groups excluding carboxylic acids is 2. The summed E-state index contributed by atoms with van der Waals surface area (Å²) in [4.78, 5) is 29.2. The summed E-state index contributed by atoms with van der Waals surface area (Å²) in [5.41, 5.74) is 3.09. The van der Waals surface area contributed by atoms with Gasteiger partial charge < -0.3 is 15.0 Å². The topological polar surface area (TPSA) is 61.9 Å². The zero-order valence-electron chi connectivity index (χ0n) is 15.8. The molecule has 0 saturated carbocycles. The number of nitrogens with one attached hydrogen (secondary N) is 1. The summed E-state index contributed by atoms with van der Waals surface area (Å²) in [6.45, 7) is 9.49. The summed E-state index contributed by atoms with van der Waals surface area (Å²) in [6.07, 6.45) is 1.18. The van der Waals surface area contributed by atoms with Crippen LogP contribution in [0, 0.1) is 12.8 Å². The molecular weight excluding hydrogens is 330 g/mol. The Morgan fingerprint density at radius 1 is 1.27 bits per heavy atom. The lowest BCUT2D eigenvalue weighted by molar-refractivity contribution is -0.128. The molecule has 6 heteroatoms. The molecule has 2 aliphatic rings. The van der Waals surface area contributed by atoms with E-state index < -0.39 is 0 Å². The summed E-state index contributed by atoms with van der Waals surface area (Å²) < 4.78 is 5.35. The van der Waals surface area contributed by atoms with Crippen molar-refractivity contribution < 1.29 is 14.3 Å². The van der Waals surface area contributed by atoms with E-state index in [4.69, 9.17) is 4.74 Å². The van der Waals surface area contributed by atoms with E-state index in [1.807, 2.05) is 30.0 Å². The van der Waals surface area contributed by atoms with E-state index >= 15 is 0 Å². The van der Waals surface area contributed by atoms with Gasteiger partial charge in [0.2, 0.25) is 11.8 Å². The molecule has 2 aliphatic heterocycles. The number of anilines is 1. The van der Waals surface area contributed by atoms with E-state index in [2.05, 4.69) is 17.1 Å². The lowest BCUT2D eigenvalue weighted by Gasteiger charge is -2.28. The summed E-state index contributed by atoms with van der Waals surface area (Å²) in [7, 11) is 0. The number of para-hydroxylation sites is 1. The SMILES string of the molecule is CCc1cccc(C)c1NC(=O)C1CC(=O)N(CCN2CCOCC2)C1. The fraction of sp³-hybridized carbons (Fsp3) is 0.600. The maximum atomic E-state index is 12.7. The number of nitrogens with zero attached hydrogens (tertiary/aromatic N) is 2. The molecule has 2 heterocycles. The normalized spacial score (nSPS) is 21.2. The highest BCUT2D eigenvalue weighted by atomic mass is 16.5. The van der Waals surface area contributed by atoms with Crippen molar-refractivity contribution in [1.82, 2.24) is 9.80 Å². The first kappa shape index (κ1) is 18.9. The Hall–Kier alpha value is -1.92. The molecule has 1 atom stereocenters. The third-order valence-electron chi connectivity index (χ3n) is 5.36. The third kappa shape index (κ3) is 4.43. The van der Waals surface area contributed by atoms with Gasteiger partial charge in [0.15, 0.2) is 0 Å². The molecule has 6 nitrogen and oxygen atoms in total. The highest BCUT2D eigenvalue weighted by molar-refractivity contribution is 5.98. The molecule has 0 bridgehead atoms. The number of aryl methyl sites for hydroxylation is 2. The van der Waals surface area contributed by atoms with Crippen molar-refractivity contribution in [3.8, 4) is 0 Å². The first-order valence-electron chi connectivity index (χ1n) is 9.55. The van der Waals surface area contributed by atoms with Crippen LogP contribution in [0.2, 0.25) is 0 Å². The maximum Gasteiger partial charge on any atom is 0.229 e. The largest absolute Gasteiger partial charge is 0.379 e. The first-order valence-corrected chi connectivity index (χ1v) is 9.55. The minimum atomic E-state index is -0.267. The van der Waals surface area contributed by atoms with Crippen LogP contribution in [0.5, 0.6) is 0 Å². The number of hydrogen-bond donors (Lipinski definition) is 1. The lowest BCUT2D eigenvalue weighted by Crippen LogP contribution is -2.42. The van der Waals surface area contributed by atoms with E-state index in [-0.39, 0.29) is 17.7 Å². The van der Waals surface area contributed by atoms with Crippen molar-refractivity contribution in [2.45, 2.75) is 26.7 Å². The van der Waals surface area contributed by atoms with Gasteiger partial charge in [0.05, 0.1) is 19.1 Å². The molecule has 1 aromatic rings. The van der Waals surface area contributed by atoms with Crippen molar-refractivity contribution in [2.24, 2.45) is 5.92 Å². The Morgan fingerprint density at radius 3 is 2.77 bits per heavy atom. The molecule has 3 rings (SSSR count). The molecule has 2 saturated heterocycles. The van der Waals surface area contributed by atoms with E-state index in [0.29, 0.717) is 19.5 Å². The highest BCUT2D eigenvalue weighted by Crippen LogP contribution is 2.24. The molecule has 0 aromatic heterocycles. The Kier molecular flexibility index (Phi) is 6.27. The number of carbonyl (C=O) groups is 2. The standard InChI is InChI=1S/C20H29N3O3/c1-3-16-6-4-5-15(2)19(16)21-20(25)17-13-18(24)23(14-17)8-7-22-9-11-26-12-10-22/h4-6,17H,3,7-14H2,1-2H3,(H,21,25). The van der Waals surface area contributed by atoms with Gasteiger partial charge in [0, 0.05) is 44.8 Å². The van der Waals surface area contributed by atoms with Crippen LogP contribution in [0.25, 0.3) is 0 Å². The van der Waals surface area contributed by atoms with Crippen molar-refractivity contribution in [3.05, 3.63) is 29.3 Å². The molecule has 1 unspecified atom stereocenters. The number of morpholine rings is 1. The highest BCUT2D eigenvalue weighted by Gasteiger charge is 2.34. The van der Waals surface area contributed by atoms with Crippen molar-refractivity contribution in [3.63, 3.8) is 0 Å². The van der Waals surface area contributed by atoms with Crippen LogP contribution in [0.15, 0.2) is 18.2 Å². The molecule has 142 valence electrons. The van der Waals surface area contributed by atoms with Gasteiger partial charge in [-0.05, 0) is 24.5 Å². The average Bonchev–Trinajstić information content (AvgIpc) is 3.03. The van der Waals surface area contributed by atoms with Gasteiger partial charge in [-0.3, -0.25) is 14.5 Å². The molecule has 2 fully saturated rings. The third-order valence-corrected chi connectivity index (χ3v) is 5.36. The number of hydrogen-bond acceptors (Lipinski definition) is 4. The molecule has 1 aromatic carbocycles. The molecule has 26 heavy (non-hydrogen) atoms. The zero-order valence-corrected chi connectivity index (χ0v) is 15.8. The smallest absolute Gasteiger partial charge is 0.229 e. The number of likely N-dealkylation sites (tertiary alicyclic amines) is 1. The second kappa shape index (κ2) is 8.64. The number of amides is 2. The van der Waals surface area contributed by atoms with Gasteiger partial charge in [-0.15, -0.1) is 0 Å². The minimum Gasteiger partial charge on any atom is -0.379 e. The van der Waals surface area contributed by atoms with Crippen LogP contribution < -0.4 is 5.32 Å². The van der Waals surface area contributed by atoms with Gasteiger partial charge in [0.25, 0.3) is 0 Å². The van der Waals surface area contributed by atoms with Crippen LogP contribution in [-0.4, -0.2) is 67.6 Å². The summed E-state index contributed by atoms with van der Waals surface area (Å²) >= 11 is 0. The molecule has 0 spiro atoms. The second-order valence-electron chi connectivity index (χ2n) is 7.15. The van der Waals surface area contributed by atoms with Crippen LogP contribution in [0.1, 0.15) is 24.5 Å². The van der Waals surface area contributed by atoms with Crippen LogP contribution in [0.3, 0.4) is 0 Å². The van der Waals surface area contributed by atoms with Crippen LogP contribution in [-0.2, 0) is 20.7 Å². The van der Waals surface area contributed by atoms with Gasteiger partial charge in [-0.25, -0.2) is 0 Å². The van der Waals surface area contributed by atoms with Gasteiger partial charge in [-0.1, -0.05) is 25.1 Å². The predicted octanol–water partition coefficient (Wildman–Crippen LogP) is 1.68. The minimum absolute atomic E-state index is 0.0452.